The van der Waals surface area contributed by atoms with Gasteiger partial charge in [0.05, 0.1) is 16.6 Å². The lowest BCUT2D eigenvalue weighted by atomic mass is 10.3. The van der Waals surface area contributed by atoms with Gasteiger partial charge in [0.25, 0.3) is 5.91 Å². The van der Waals surface area contributed by atoms with Crippen molar-refractivity contribution in [2.24, 2.45) is 7.05 Å². The first-order valence-electron chi connectivity index (χ1n) is 6.17. The van der Waals surface area contributed by atoms with E-state index in [1.807, 2.05) is 0 Å². The average Bonchev–Trinajstić information content (AvgIpc) is 2.75. The number of carbonyl (C=O) groups is 1. The lowest BCUT2D eigenvalue weighted by Gasteiger charge is -2.05. The highest BCUT2D eigenvalue weighted by atomic mass is 32.1. The minimum atomic E-state index is -0.371. The summed E-state index contributed by atoms with van der Waals surface area (Å²) < 4.78 is 15.2. The number of H-pyrrole nitrogens is 1. The van der Waals surface area contributed by atoms with E-state index in [0.29, 0.717) is 21.7 Å². The molecule has 0 spiro atoms. The molecule has 1 amide bonds. The SMILES string of the molecule is Cn1c(NC(=O)c2ccc[nH]c2=S)nc2cc(F)ccc21. The summed E-state index contributed by atoms with van der Waals surface area (Å²) in [5.74, 6) is -0.404. The van der Waals surface area contributed by atoms with E-state index in [9.17, 15) is 9.18 Å². The van der Waals surface area contributed by atoms with Crippen LogP contribution in [-0.4, -0.2) is 20.4 Å². The van der Waals surface area contributed by atoms with Crippen molar-refractivity contribution >= 4 is 35.1 Å². The number of fused-ring (bicyclic) bond motifs is 1. The number of nitrogens with one attached hydrogen (secondary N) is 2. The van der Waals surface area contributed by atoms with Crippen LogP contribution >= 0.6 is 12.2 Å². The van der Waals surface area contributed by atoms with E-state index in [4.69, 9.17) is 12.2 Å². The van der Waals surface area contributed by atoms with Gasteiger partial charge in [-0.3, -0.25) is 10.1 Å². The number of hydrogen-bond acceptors (Lipinski definition) is 3. The third-order valence-electron chi connectivity index (χ3n) is 3.13. The largest absolute Gasteiger partial charge is 0.352 e. The molecule has 0 aliphatic rings. The Morgan fingerprint density at radius 1 is 1.43 bits per heavy atom. The number of carbonyl (C=O) groups excluding carboxylic acids is 1. The highest BCUT2D eigenvalue weighted by Gasteiger charge is 2.13. The summed E-state index contributed by atoms with van der Waals surface area (Å²) >= 11 is 5.07. The van der Waals surface area contributed by atoms with Gasteiger partial charge in [0, 0.05) is 19.3 Å². The summed E-state index contributed by atoms with van der Waals surface area (Å²) in [6.07, 6.45) is 1.65. The van der Waals surface area contributed by atoms with E-state index in [-0.39, 0.29) is 11.7 Å². The quantitative estimate of drug-likeness (QED) is 0.715. The first-order chi connectivity index (χ1) is 10.1. The second-order valence-corrected chi connectivity index (χ2v) is 4.90. The van der Waals surface area contributed by atoms with Gasteiger partial charge in [-0.25, -0.2) is 9.37 Å². The molecular formula is C14H11FN4OS. The fourth-order valence-electron chi connectivity index (χ4n) is 2.05. The van der Waals surface area contributed by atoms with Gasteiger partial charge in [0.15, 0.2) is 0 Å². The van der Waals surface area contributed by atoms with Crippen LogP contribution in [0.5, 0.6) is 0 Å². The molecule has 106 valence electrons. The predicted octanol–water partition coefficient (Wildman–Crippen LogP) is 3.02. The number of anilines is 1. The number of imidazole rings is 1. The Hall–Kier alpha value is -2.54. The minimum Gasteiger partial charge on any atom is -0.352 e. The standard InChI is InChI=1S/C14H11FN4OS/c1-19-11-5-4-8(15)7-10(11)17-14(19)18-12(20)9-3-2-6-16-13(9)21/h2-7H,1H3,(H,16,21)(H,17,18,20). The molecule has 3 rings (SSSR count). The van der Waals surface area contributed by atoms with E-state index in [1.54, 1.807) is 36.0 Å². The van der Waals surface area contributed by atoms with Crippen molar-refractivity contribution < 1.29 is 9.18 Å². The Labute approximate surface area is 124 Å². The lowest BCUT2D eigenvalue weighted by molar-refractivity contribution is 0.102. The van der Waals surface area contributed by atoms with Gasteiger partial charge in [-0.2, -0.15) is 0 Å². The average molecular weight is 302 g/mol. The molecule has 2 aromatic heterocycles. The molecule has 0 bridgehead atoms. The number of hydrogen-bond donors (Lipinski definition) is 2. The minimum absolute atomic E-state index is 0.332. The summed E-state index contributed by atoms with van der Waals surface area (Å²) in [4.78, 5) is 19.2. The monoisotopic (exact) mass is 302 g/mol. The second-order valence-electron chi connectivity index (χ2n) is 4.49. The maximum atomic E-state index is 13.2. The van der Waals surface area contributed by atoms with Crippen molar-refractivity contribution in [2.45, 2.75) is 0 Å². The summed E-state index contributed by atoms with van der Waals surface area (Å²) in [6.45, 7) is 0. The fourth-order valence-corrected chi connectivity index (χ4v) is 2.28. The van der Waals surface area contributed by atoms with Gasteiger partial charge in [-0.1, -0.05) is 12.2 Å². The zero-order valence-corrected chi connectivity index (χ0v) is 11.9. The van der Waals surface area contributed by atoms with Crippen LogP contribution in [0.1, 0.15) is 10.4 Å². The van der Waals surface area contributed by atoms with Crippen LogP contribution in [0.3, 0.4) is 0 Å². The number of rotatable bonds is 2. The molecular weight excluding hydrogens is 291 g/mol. The van der Waals surface area contributed by atoms with E-state index in [1.165, 1.54) is 12.1 Å². The van der Waals surface area contributed by atoms with Crippen molar-refractivity contribution in [3.05, 3.63) is 52.5 Å². The van der Waals surface area contributed by atoms with E-state index in [0.717, 1.165) is 5.52 Å². The summed E-state index contributed by atoms with van der Waals surface area (Å²) in [5.41, 5.74) is 1.56. The van der Waals surface area contributed by atoms with Crippen LogP contribution in [0, 0.1) is 10.5 Å². The molecule has 0 unspecified atom stereocenters. The molecule has 0 atom stereocenters. The normalized spacial score (nSPS) is 10.8. The van der Waals surface area contributed by atoms with Crippen molar-refractivity contribution in [3.8, 4) is 0 Å². The highest BCUT2D eigenvalue weighted by Crippen LogP contribution is 2.19. The van der Waals surface area contributed by atoms with Crippen molar-refractivity contribution in [1.82, 2.24) is 14.5 Å². The number of halogens is 1. The molecule has 21 heavy (non-hydrogen) atoms. The number of pyridine rings is 1. The van der Waals surface area contributed by atoms with Gasteiger partial charge < -0.3 is 9.55 Å². The van der Waals surface area contributed by atoms with Crippen molar-refractivity contribution in [2.75, 3.05) is 5.32 Å². The third-order valence-corrected chi connectivity index (χ3v) is 3.47. The molecule has 7 heteroatoms. The molecule has 0 saturated carbocycles. The molecule has 0 aliphatic carbocycles. The van der Waals surface area contributed by atoms with Crippen LogP contribution in [-0.2, 0) is 7.05 Å². The first kappa shape index (κ1) is 13.4. The molecule has 3 aromatic rings. The number of amides is 1. The molecule has 2 heterocycles. The summed E-state index contributed by atoms with van der Waals surface area (Å²) in [5, 5.41) is 2.68. The molecule has 0 saturated heterocycles. The Morgan fingerprint density at radius 2 is 2.24 bits per heavy atom. The van der Waals surface area contributed by atoms with E-state index < -0.39 is 0 Å². The Kier molecular flexibility index (Phi) is 3.26. The Bertz CT molecular complexity index is 899. The third kappa shape index (κ3) is 2.43. The summed E-state index contributed by atoms with van der Waals surface area (Å²) in [6, 6.07) is 7.59. The zero-order chi connectivity index (χ0) is 15.0. The Morgan fingerprint density at radius 3 is 3.00 bits per heavy atom. The van der Waals surface area contributed by atoms with Crippen molar-refractivity contribution in [1.29, 1.82) is 0 Å². The second kappa shape index (κ2) is 5.10. The highest BCUT2D eigenvalue weighted by molar-refractivity contribution is 7.71. The molecule has 2 N–H and O–H groups in total. The number of aromatic amines is 1. The number of nitrogens with zero attached hydrogens (tertiary/aromatic N) is 2. The predicted molar refractivity (Wildman–Crippen MR) is 80.3 cm³/mol. The van der Waals surface area contributed by atoms with Gasteiger partial charge in [-0.15, -0.1) is 0 Å². The Balaban J connectivity index is 1.99. The topological polar surface area (TPSA) is 62.7 Å². The van der Waals surface area contributed by atoms with Crippen LogP contribution in [0.2, 0.25) is 0 Å². The van der Waals surface area contributed by atoms with Crippen molar-refractivity contribution in [3.63, 3.8) is 0 Å². The first-order valence-corrected chi connectivity index (χ1v) is 6.58. The van der Waals surface area contributed by atoms with Crippen LogP contribution in [0.4, 0.5) is 10.3 Å². The van der Waals surface area contributed by atoms with Crippen LogP contribution in [0.15, 0.2) is 36.5 Å². The van der Waals surface area contributed by atoms with Gasteiger partial charge >= 0.3 is 0 Å². The number of aryl methyl sites for hydroxylation is 1. The zero-order valence-electron chi connectivity index (χ0n) is 11.1. The lowest BCUT2D eigenvalue weighted by Crippen LogP contribution is -2.15. The van der Waals surface area contributed by atoms with E-state index in [2.05, 4.69) is 15.3 Å². The smallest absolute Gasteiger partial charge is 0.260 e. The number of aromatic nitrogens is 3. The van der Waals surface area contributed by atoms with Gasteiger partial charge in [0.2, 0.25) is 5.95 Å². The van der Waals surface area contributed by atoms with Crippen LogP contribution < -0.4 is 5.32 Å². The number of benzene rings is 1. The van der Waals surface area contributed by atoms with E-state index >= 15 is 0 Å². The van der Waals surface area contributed by atoms with Gasteiger partial charge in [0.1, 0.15) is 10.5 Å². The molecule has 5 nitrogen and oxygen atoms in total. The fraction of sp³-hybridized carbons (Fsp3) is 0.0714. The summed E-state index contributed by atoms with van der Waals surface area (Å²) in [7, 11) is 1.74. The molecule has 0 fully saturated rings. The van der Waals surface area contributed by atoms with Crippen LogP contribution in [0.25, 0.3) is 11.0 Å². The maximum Gasteiger partial charge on any atom is 0.260 e. The molecule has 0 aliphatic heterocycles. The van der Waals surface area contributed by atoms with Gasteiger partial charge in [-0.05, 0) is 24.3 Å². The maximum absolute atomic E-state index is 13.2. The molecule has 0 radical (unpaired) electrons. The molecule has 1 aromatic carbocycles.